The summed E-state index contributed by atoms with van der Waals surface area (Å²) in [7, 11) is 0. The first kappa shape index (κ1) is 18.3. The lowest BCUT2D eigenvalue weighted by Crippen LogP contribution is -2.36. The van der Waals surface area contributed by atoms with Crippen LogP contribution in [0.4, 0.5) is 11.4 Å². The highest BCUT2D eigenvalue weighted by molar-refractivity contribution is 9.10. The summed E-state index contributed by atoms with van der Waals surface area (Å²) in [6.45, 7) is -0.729. The smallest absolute Gasteiger partial charge is 0.285 e. The highest BCUT2D eigenvalue weighted by Crippen LogP contribution is 2.20. The second-order valence-corrected chi connectivity index (χ2v) is 5.77. The van der Waals surface area contributed by atoms with Crippen molar-refractivity contribution in [3.8, 4) is 0 Å². The van der Waals surface area contributed by atoms with Crippen LogP contribution >= 0.6 is 15.9 Å². The molecule has 2 amide bonds. The maximum Gasteiger partial charge on any atom is 0.285 e. The number of halogens is 1. The number of hydrogen-bond acceptors (Lipinski definition) is 5. The number of carbonyl (C=O) groups excluding carboxylic acids is 2. The van der Waals surface area contributed by atoms with E-state index in [-0.39, 0.29) is 12.2 Å². The molecule has 0 atom stereocenters. The second-order valence-electron chi connectivity index (χ2n) is 4.92. The van der Waals surface area contributed by atoms with Crippen molar-refractivity contribution >= 4 is 39.1 Å². The average Bonchev–Trinajstić information content (AvgIpc) is 2.57. The van der Waals surface area contributed by atoms with Gasteiger partial charge in [0, 0.05) is 16.6 Å². The number of pyridine rings is 1. The van der Waals surface area contributed by atoms with Crippen LogP contribution in [0.1, 0.15) is 0 Å². The molecule has 1 aromatic carbocycles. The van der Waals surface area contributed by atoms with Crippen LogP contribution in [0.2, 0.25) is 0 Å². The highest BCUT2D eigenvalue weighted by atomic mass is 79.9. The zero-order chi connectivity index (χ0) is 18.4. The molecular weight excluding hydrogens is 396 g/mol. The van der Waals surface area contributed by atoms with Crippen LogP contribution in [0.15, 0.2) is 51.9 Å². The average molecular weight is 409 g/mol. The van der Waals surface area contributed by atoms with E-state index >= 15 is 0 Å². The van der Waals surface area contributed by atoms with Gasteiger partial charge in [-0.3, -0.25) is 29.1 Å². The van der Waals surface area contributed by atoms with Gasteiger partial charge in [0.25, 0.3) is 11.2 Å². The van der Waals surface area contributed by atoms with Gasteiger partial charge < -0.3 is 10.6 Å². The third kappa shape index (κ3) is 5.24. The Morgan fingerprint density at radius 3 is 2.56 bits per heavy atom. The highest BCUT2D eigenvalue weighted by Gasteiger charge is 2.12. The van der Waals surface area contributed by atoms with Gasteiger partial charge in [0.1, 0.15) is 6.54 Å². The number of rotatable bonds is 6. The number of nitrogens with one attached hydrogen (secondary N) is 2. The van der Waals surface area contributed by atoms with Gasteiger partial charge in [-0.05, 0) is 28.1 Å². The van der Waals surface area contributed by atoms with Crippen LogP contribution in [-0.2, 0) is 16.1 Å². The number of hydrogen-bond donors (Lipinski definition) is 2. The standard InChI is InChI=1S/C15H13BrN4O5/c16-11-3-1-2-4-12(11)18-13(21)7-17-14(22)9-19-8-10(20(24)25)5-6-15(19)23/h1-6,8H,7,9H2,(H,17,22)(H,18,21). The number of benzene rings is 1. The fourth-order valence-electron chi connectivity index (χ4n) is 1.90. The van der Waals surface area contributed by atoms with Crippen LogP contribution in [0.5, 0.6) is 0 Å². The number of nitrogens with zero attached hydrogens (tertiary/aromatic N) is 2. The van der Waals surface area contributed by atoms with E-state index < -0.39 is 28.8 Å². The first-order valence-corrected chi connectivity index (χ1v) is 7.82. The number of amides is 2. The van der Waals surface area contributed by atoms with Gasteiger partial charge in [0.15, 0.2) is 0 Å². The van der Waals surface area contributed by atoms with Crippen LogP contribution in [0, 0.1) is 10.1 Å². The molecular formula is C15H13BrN4O5. The zero-order valence-electron chi connectivity index (χ0n) is 12.8. The van der Waals surface area contributed by atoms with E-state index in [2.05, 4.69) is 26.6 Å². The molecule has 0 aliphatic carbocycles. The van der Waals surface area contributed by atoms with Crippen molar-refractivity contribution in [3.05, 3.63) is 67.5 Å². The maximum atomic E-state index is 11.8. The Labute approximate surface area is 149 Å². The minimum Gasteiger partial charge on any atom is -0.345 e. The lowest BCUT2D eigenvalue weighted by molar-refractivity contribution is -0.385. The van der Waals surface area contributed by atoms with Gasteiger partial charge in [-0.25, -0.2) is 0 Å². The SMILES string of the molecule is O=C(Cn1cc([N+](=O)[O-])ccc1=O)NCC(=O)Nc1ccccc1Br. The Bertz CT molecular complexity index is 880. The molecule has 0 radical (unpaired) electrons. The number of aromatic nitrogens is 1. The molecule has 0 aliphatic heterocycles. The summed E-state index contributed by atoms with van der Waals surface area (Å²) in [4.78, 5) is 45.3. The van der Waals surface area contributed by atoms with Crippen molar-refractivity contribution in [1.29, 1.82) is 0 Å². The molecule has 10 heteroatoms. The molecule has 0 saturated heterocycles. The molecule has 1 heterocycles. The van der Waals surface area contributed by atoms with Crippen LogP contribution in [-0.4, -0.2) is 27.8 Å². The second kappa shape index (κ2) is 8.20. The lowest BCUT2D eigenvalue weighted by Gasteiger charge is -2.09. The molecule has 2 N–H and O–H groups in total. The molecule has 0 bridgehead atoms. The van der Waals surface area contributed by atoms with Crippen LogP contribution in [0.3, 0.4) is 0 Å². The van der Waals surface area contributed by atoms with Gasteiger partial charge in [0.05, 0.1) is 23.4 Å². The first-order chi connectivity index (χ1) is 11.9. The number of nitro groups is 1. The van der Waals surface area contributed by atoms with Gasteiger partial charge in [-0.1, -0.05) is 12.1 Å². The molecule has 9 nitrogen and oxygen atoms in total. The fraction of sp³-hybridized carbons (Fsp3) is 0.133. The van der Waals surface area contributed by atoms with Crippen molar-refractivity contribution in [2.75, 3.05) is 11.9 Å². The minimum absolute atomic E-state index is 0.302. The van der Waals surface area contributed by atoms with Gasteiger partial charge >= 0.3 is 0 Å². The first-order valence-electron chi connectivity index (χ1n) is 7.03. The van der Waals surface area contributed by atoms with Crippen molar-refractivity contribution in [1.82, 2.24) is 9.88 Å². The number of para-hydroxylation sites is 1. The summed E-state index contributed by atoms with van der Waals surface area (Å²) in [5.41, 5.74) is -0.311. The normalized spacial score (nSPS) is 10.1. The molecule has 0 unspecified atom stereocenters. The third-order valence-corrected chi connectivity index (χ3v) is 3.78. The molecule has 25 heavy (non-hydrogen) atoms. The zero-order valence-corrected chi connectivity index (χ0v) is 14.4. The molecule has 0 fully saturated rings. The summed E-state index contributed by atoms with van der Waals surface area (Å²) >= 11 is 3.28. The van der Waals surface area contributed by atoms with Crippen LogP contribution < -0.4 is 16.2 Å². The Balaban J connectivity index is 1.92. The van der Waals surface area contributed by atoms with E-state index in [0.29, 0.717) is 10.2 Å². The van der Waals surface area contributed by atoms with E-state index in [4.69, 9.17) is 0 Å². The molecule has 0 saturated carbocycles. The fourth-order valence-corrected chi connectivity index (χ4v) is 2.28. The topological polar surface area (TPSA) is 123 Å². The molecule has 0 spiro atoms. The van der Waals surface area contributed by atoms with E-state index in [1.54, 1.807) is 24.3 Å². The van der Waals surface area contributed by atoms with Crippen molar-refractivity contribution in [2.45, 2.75) is 6.54 Å². The van der Waals surface area contributed by atoms with Crippen molar-refractivity contribution < 1.29 is 14.5 Å². The van der Waals surface area contributed by atoms with Crippen molar-refractivity contribution in [2.24, 2.45) is 0 Å². The number of carbonyl (C=O) groups is 2. The largest absolute Gasteiger partial charge is 0.345 e. The van der Waals surface area contributed by atoms with E-state index in [9.17, 15) is 24.5 Å². The summed E-state index contributed by atoms with van der Waals surface area (Å²) in [5.74, 6) is -1.07. The maximum absolute atomic E-state index is 11.8. The van der Waals surface area contributed by atoms with Crippen LogP contribution in [0.25, 0.3) is 0 Å². The minimum atomic E-state index is -0.668. The molecule has 130 valence electrons. The van der Waals surface area contributed by atoms with Crippen molar-refractivity contribution in [3.63, 3.8) is 0 Å². The monoisotopic (exact) mass is 408 g/mol. The predicted octanol–water partition coefficient (Wildman–Crippen LogP) is 1.27. The van der Waals surface area contributed by atoms with Gasteiger partial charge in [-0.2, -0.15) is 0 Å². The predicted molar refractivity (Wildman–Crippen MR) is 93.1 cm³/mol. The molecule has 1 aromatic heterocycles. The third-order valence-electron chi connectivity index (χ3n) is 3.09. The van der Waals surface area contributed by atoms with E-state index in [1.807, 2.05) is 0 Å². The summed E-state index contributed by atoms with van der Waals surface area (Å²) in [6.07, 6.45) is 0.975. The van der Waals surface area contributed by atoms with E-state index in [1.165, 1.54) is 0 Å². The Hall–Kier alpha value is -3.01. The van der Waals surface area contributed by atoms with Gasteiger partial charge in [-0.15, -0.1) is 0 Å². The Kier molecular flexibility index (Phi) is 6.01. The molecule has 0 aliphatic rings. The summed E-state index contributed by atoms with van der Waals surface area (Å²) in [6, 6.07) is 9.04. The molecule has 2 aromatic rings. The van der Waals surface area contributed by atoms with E-state index in [0.717, 1.165) is 22.9 Å². The number of anilines is 1. The summed E-state index contributed by atoms with van der Waals surface area (Å²) < 4.78 is 1.59. The Morgan fingerprint density at radius 1 is 1.16 bits per heavy atom. The Morgan fingerprint density at radius 2 is 1.88 bits per heavy atom. The quantitative estimate of drug-likeness (QED) is 0.550. The molecule has 2 rings (SSSR count). The lowest BCUT2D eigenvalue weighted by atomic mass is 10.3. The van der Waals surface area contributed by atoms with Gasteiger partial charge in [0.2, 0.25) is 11.8 Å². The summed E-state index contributed by atoms with van der Waals surface area (Å²) in [5, 5.41) is 15.7.